The number of aromatic amines is 1. The number of rotatable bonds is 6. The number of nitrogens with one attached hydrogen (secondary N) is 5. The minimum Gasteiger partial charge on any atom is -0.367 e. The van der Waals surface area contributed by atoms with E-state index < -0.39 is 35.7 Å². The molecule has 0 saturated carbocycles. The third-order valence-corrected chi connectivity index (χ3v) is 3.93. The summed E-state index contributed by atoms with van der Waals surface area (Å²) in [6.45, 7) is 4.22. The molecule has 9 nitrogen and oxygen atoms in total. The molecule has 1 aromatic heterocycles. The van der Waals surface area contributed by atoms with Gasteiger partial charge in [-0.25, -0.2) is 4.79 Å². The van der Waals surface area contributed by atoms with Gasteiger partial charge in [0.15, 0.2) is 0 Å². The molecule has 0 radical (unpaired) electrons. The van der Waals surface area contributed by atoms with E-state index in [4.69, 9.17) is 0 Å². The van der Waals surface area contributed by atoms with Gasteiger partial charge in [-0.1, -0.05) is 13.8 Å². The Kier molecular flexibility index (Phi) is 6.15. The van der Waals surface area contributed by atoms with Crippen molar-refractivity contribution in [2.45, 2.75) is 38.9 Å². The summed E-state index contributed by atoms with van der Waals surface area (Å²) in [5.74, 6) is -2.04. The fourth-order valence-corrected chi connectivity index (χ4v) is 2.48. The Morgan fingerprint density at radius 2 is 2.08 bits per heavy atom. The maximum atomic E-state index is 12.4. The number of Topliss-reactive ketones (excluding diaryl/α,β-unsaturated/α-hetero) is 1. The first-order chi connectivity index (χ1) is 11.9. The van der Waals surface area contributed by atoms with E-state index in [1.807, 2.05) is 6.07 Å². The summed E-state index contributed by atoms with van der Waals surface area (Å²) in [5.41, 5.74) is 0.902. The molecule has 1 saturated heterocycles. The molecule has 1 fully saturated rings. The highest BCUT2D eigenvalue weighted by Crippen LogP contribution is 2.06. The molecule has 2 unspecified atom stereocenters. The average Bonchev–Trinajstić information content (AvgIpc) is 3.08. The Morgan fingerprint density at radius 3 is 2.72 bits per heavy atom. The predicted molar refractivity (Wildman–Crippen MR) is 89.4 cm³/mol. The summed E-state index contributed by atoms with van der Waals surface area (Å²) in [4.78, 5) is 50.5. The molecule has 1 aromatic rings. The Morgan fingerprint density at radius 1 is 1.32 bits per heavy atom. The zero-order valence-corrected chi connectivity index (χ0v) is 14.2. The van der Waals surface area contributed by atoms with Crippen LogP contribution < -0.4 is 21.3 Å². The molecule has 0 aromatic carbocycles. The lowest BCUT2D eigenvalue weighted by molar-refractivity contribution is -0.142. The van der Waals surface area contributed by atoms with Crippen LogP contribution in [0.4, 0.5) is 4.79 Å². The van der Waals surface area contributed by atoms with Crippen molar-refractivity contribution in [3.63, 3.8) is 0 Å². The molecule has 2 atom stereocenters. The first kappa shape index (κ1) is 18.5. The van der Waals surface area contributed by atoms with Gasteiger partial charge in [0.1, 0.15) is 6.04 Å². The number of ketones is 1. The van der Waals surface area contributed by atoms with Crippen LogP contribution in [0.2, 0.25) is 0 Å². The smallest absolute Gasteiger partial charge is 0.315 e. The summed E-state index contributed by atoms with van der Waals surface area (Å²) >= 11 is 0. The van der Waals surface area contributed by atoms with E-state index in [2.05, 4.69) is 26.3 Å². The standard InChI is InChI=1S/C16H23N5O4/c1-9(2)12(21-16(25)19-8-10-3-5-17-7-10)14(23)20-11-4-6-18-15(24)13(11)22/h3,5,7,9,11-12,17H,4,6,8H2,1-2H3,(H,18,24)(H,20,23)(H2,19,21,25). The van der Waals surface area contributed by atoms with Crippen LogP contribution in [0.25, 0.3) is 0 Å². The molecule has 0 bridgehead atoms. The highest BCUT2D eigenvalue weighted by atomic mass is 16.2. The van der Waals surface area contributed by atoms with Crippen molar-refractivity contribution in [3.05, 3.63) is 24.0 Å². The quantitative estimate of drug-likeness (QED) is 0.439. The molecule has 2 rings (SSSR count). The van der Waals surface area contributed by atoms with Gasteiger partial charge in [0.2, 0.25) is 11.7 Å². The van der Waals surface area contributed by atoms with E-state index in [9.17, 15) is 19.2 Å². The van der Waals surface area contributed by atoms with Crippen molar-refractivity contribution in [3.8, 4) is 0 Å². The van der Waals surface area contributed by atoms with Crippen molar-refractivity contribution in [2.24, 2.45) is 5.92 Å². The Bertz CT molecular complexity index is 641. The van der Waals surface area contributed by atoms with Gasteiger partial charge in [0.05, 0.1) is 6.04 Å². The van der Waals surface area contributed by atoms with Gasteiger partial charge in [0, 0.05) is 25.5 Å². The number of aromatic nitrogens is 1. The minimum absolute atomic E-state index is 0.189. The zero-order valence-electron chi connectivity index (χ0n) is 14.2. The van der Waals surface area contributed by atoms with Gasteiger partial charge in [0.25, 0.3) is 5.91 Å². The van der Waals surface area contributed by atoms with E-state index in [1.165, 1.54) is 0 Å². The van der Waals surface area contributed by atoms with Crippen molar-refractivity contribution in [2.75, 3.05) is 6.54 Å². The van der Waals surface area contributed by atoms with Gasteiger partial charge in [-0.2, -0.15) is 0 Å². The van der Waals surface area contributed by atoms with Gasteiger partial charge in [-0.05, 0) is 24.0 Å². The lowest BCUT2D eigenvalue weighted by Gasteiger charge is -2.26. The maximum absolute atomic E-state index is 12.4. The molecule has 25 heavy (non-hydrogen) atoms. The minimum atomic E-state index is -0.854. The lowest BCUT2D eigenvalue weighted by Crippen LogP contribution is -2.58. The van der Waals surface area contributed by atoms with Crippen LogP contribution in [0.1, 0.15) is 25.8 Å². The van der Waals surface area contributed by atoms with E-state index in [0.29, 0.717) is 19.5 Å². The molecule has 0 spiro atoms. The molecule has 9 heteroatoms. The van der Waals surface area contributed by atoms with Crippen LogP contribution in [-0.2, 0) is 20.9 Å². The number of carbonyl (C=O) groups is 4. The van der Waals surface area contributed by atoms with Crippen molar-refractivity contribution in [1.82, 2.24) is 26.3 Å². The van der Waals surface area contributed by atoms with Crippen LogP contribution in [0.5, 0.6) is 0 Å². The molecule has 1 aliphatic rings. The summed E-state index contributed by atoms with van der Waals surface area (Å²) < 4.78 is 0. The van der Waals surface area contributed by atoms with Gasteiger partial charge in [-0.3, -0.25) is 14.4 Å². The van der Waals surface area contributed by atoms with Crippen LogP contribution in [-0.4, -0.2) is 47.2 Å². The van der Waals surface area contributed by atoms with Crippen LogP contribution in [0.15, 0.2) is 18.5 Å². The molecular weight excluding hydrogens is 326 g/mol. The number of hydrogen-bond acceptors (Lipinski definition) is 4. The third-order valence-electron chi connectivity index (χ3n) is 3.93. The molecule has 0 aliphatic carbocycles. The van der Waals surface area contributed by atoms with Crippen LogP contribution in [0, 0.1) is 5.92 Å². The molecular formula is C16H23N5O4. The Balaban J connectivity index is 1.90. The number of amides is 4. The van der Waals surface area contributed by atoms with Gasteiger partial charge < -0.3 is 26.3 Å². The molecule has 4 amide bonds. The highest BCUT2D eigenvalue weighted by Gasteiger charge is 2.33. The Labute approximate surface area is 145 Å². The van der Waals surface area contributed by atoms with E-state index in [1.54, 1.807) is 26.2 Å². The first-order valence-electron chi connectivity index (χ1n) is 8.17. The topological polar surface area (TPSA) is 132 Å². The zero-order chi connectivity index (χ0) is 18.4. The molecule has 5 N–H and O–H groups in total. The predicted octanol–water partition coefficient (Wildman–Crippen LogP) is -0.588. The van der Waals surface area contributed by atoms with E-state index >= 15 is 0 Å². The molecule has 2 heterocycles. The van der Waals surface area contributed by atoms with Gasteiger partial charge >= 0.3 is 6.03 Å². The van der Waals surface area contributed by atoms with Crippen molar-refractivity contribution >= 4 is 23.6 Å². The number of carbonyl (C=O) groups excluding carboxylic acids is 4. The SMILES string of the molecule is CC(C)C(NC(=O)NCc1cc[nH]c1)C(=O)NC1CCNC(=O)C1=O. The average molecular weight is 349 g/mol. The normalized spacial score (nSPS) is 18.4. The van der Waals surface area contributed by atoms with E-state index in [-0.39, 0.29) is 5.92 Å². The number of hydrogen-bond donors (Lipinski definition) is 5. The van der Waals surface area contributed by atoms with Crippen LogP contribution >= 0.6 is 0 Å². The van der Waals surface area contributed by atoms with E-state index in [0.717, 1.165) is 5.56 Å². The molecule has 136 valence electrons. The summed E-state index contributed by atoms with van der Waals surface area (Å²) in [7, 11) is 0. The van der Waals surface area contributed by atoms with Crippen LogP contribution in [0.3, 0.4) is 0 Å². The fourth-order valence-electron chi connectivity index (χ4n) is 2.48. The highest BCUT2D eigenvalue weighted by molar-refractivity contribution is 6.39. The van der Waals surface area contributed by atoms with Crippen molar-refractivity contribution in [1.29, 1.82) is 0 Å². The second kappa shape index (κ2) is 8.32. The second-order valence-corrected chi connectivity index (χ2v) is 6.24. The maximum Gasteiger partial charge on any atom is 0.315 e. The monoisotopic (exact) mass is 349 g/mol. The lowest BCUT2D eigenvalue weighted by atomic mass is 10.0. The summed E-state index contributed by atoms with van der Waals surface area (Å²) in [6, 6.07) is -0.328. The largest absolute Gasteiger partial charge is 0.367 e. The fraction of sp³-hybridized carbons (Fsp3) is 0.500. The number of H-pyrrole nitrogens is 1. The second-order valence-electron chi connectivity index (χ2n) is 6.24. The number of piperidine rings is 1. The Hall–Kier alpha value is -2.84. The summed E-state index contributed by atoms with van der Waals surface area (Å²) in [5, 5.41) is 10.3. The third kappa shape index (κ3) is 5.07. The van der Waals surface area contributed by atoms with Gasteiger partial charge in [-0.15, -0.1) is 0 Å². The molecule has 1 aliphatic heterocycles. The summed E-state index contributed by atoms with van der Waals surface area (Å²) in [6.07, 6.45) is 3.84. The number of urea groups is 1. The first-order valence-corrected chi connectivity index (χ1v) is 8.17. The van der Waals surface area contributed by atoms with Crippen molar-refractivity contribution < 1.29 is 19.2 Å².